The Hall–Kier alpha value is -3.26. The molecule has 0 atom stereocenters. The number of carbonyl (C=O) groups excluding carboxylic acids is 2. The molecule has 2 aromatic rings. The van der Waals surface area contributed by atoms with E-state index < -0.39 is 5.97 Å². The quantitative estimate of drug-likeness (QED) is 0.327. The maximum absolute atomic E-state index is 12.0. The topological polar surface area (TPSA) is 64.6 Å². The van der Waals surface area contributed by atoms with E-state index >= 15 is 0 Å². The van der Waals surface area contributed by atoms with Gasteiger partial charge in [-0.1, -0.05) is 36.1 Å². The van der Waals surface area contributed by atoms with Gasteiger partial charge in [-0.3, -0.25) is 9.59 Å². The van der Waals surface area contributed by atoms with Crippen LogP contribution in [-0.4, -0.2) is 19.0 Å². The molecule has 0 aliphatic rings. The largest absolute Gasteiger partial charge is 0.493 e. The normalized spacial score (nSPS) is 9.79. The average Bonchev–Trinajstić information content (AvgIpc) is 2.70. The maximum atomic E-state index is 12.0. The van der Waals surface area contributed by atoms with Crippen LogP contribution in [0.3, 0.4) is 0 Å². The highest BCUT2D eigenvalue weighted by molar-refractivity contribution is 5.75. The smallest absolute Gasteiger partial charge is 0.308 e. The number of carbonyl (C=O) groups is 2. The number of amides is 1. The van der Waals surface area contributed by atoms with Crippen molar-refractivity contribution in [1.82, 2.24) is 5.32 Å². The van der Waals surface area contributed by atoms with Crippen molar-refractivity contribution in [3.05, 3.63) is 59.7 Å². The van der Waals surface area contributed by atoms with Gasteiger partial charge in [-0.15, -0.1) is 0 Å². The number of hydrogen-bond donors (Lipinski definition) is 1. The van der Waals surface area contributed by atoms with E-state index in [1.165, 1.54) is 14.0 Å². The Morgan fingerprint density at radius 1 is 1.04 bits per heavy atom. The summed E-state index contributed by atoms with van der Waals surface area (Å²) in [6, 6.07) is 15.1. The van der Waals surface area contributed by atoms with Gasteiger partial charge in [-0.05, 0) is 42.7 Å². The second-order valence-corrected chi connectivity index (χ2v) is 6.23. The molecule has 2 aromatic carbocycles. The monoisotopic (exact) mass is 379 g/mol. The summed E-state index contributed by atoms with van der Waals surface area (Å²) in [4.78, 5) is 23.1. The van der Waals surface area contributed by atoms with Gasteiger partial charge in [-0.25, -0.2) is 0 Å². The predicted octanol–water partition coefficient (Wildman–Crippen LogP) is 3.85. The zero-order valence-corrected chi connectivity index (χ0v) is 16.3. The van der Waals surface area contributed by atoms with Gasteiger partial charge in [0.15, 0.2) is 11.5 Å². The molecule has 0 unspecified atom stereocenters. The van der Waals surface area contributed by atoms with Gasteiger partial charge < -0.3 is 14.8 Å². The minimum absolute atomic E-state index is 0.000882. The summed E-state index contributed by atoms with van der Waals surface area (Å²) >= 11 is 0. The molecular weight excluding hydrogens is 354 g/mol. The Kier molecular flexibility index (Phi) is 8.61. The fraction of sp³-hybridized carbons (Fsp3) is 0.304. The Balaban J connectivity index is 1.69. The van der Waals surface area contributed by atoms with Crippen molar-refractivity contribution in [1.29, 1.82) is 0 Å². The minimum atomic E-state index is -0.409. The van der Waals surface area contributed by atoms with E-state index in [9.17, 15) is 9.59 Å². The van der Waals surface area contributed by atoms with Crippen LogP contribution < -0.4 is 14.8 Å². The Bertz CT molecular complexity index is 850. The molecule has 28 heavy (non-hydrogen) atoms. The van der Waals surface area contributed by atoms with Crippen LogP contribution in [0.2, 0.25) is 0 Å². The van der Waals surface area contributed by atoms with Gasteiger partial charge >= 0.3 is 5.97 Å². The highest BCUT2D eigenvalue weighted by Gasteiger charge is 2.09. The molecule has 1 amide bonds. The second kappa shape index (κ2) is 11.5. The van der Waals surface area contributed by atoms with Crippen molar-refractivity contribution in [2.45, 2.75) is 39.2 Å². The van der Waals surface area contributed by atoms with Crippen LogP contribution in [0, 0.1) is 11.8 Å². The third-order valence-electron chi connectivity index (χ3n) is 3.93. The standard InChI is InChI=1S/C23H25NO4/c1-18(25)28-21-15-14-20(16-22(21)27-2)17-24-23(26)13-9-4-3-6-10-19-11-7-5-8-12-19/h5,7-8,11-12,14-16H,3-4,9,13,17H2,1-2H3,(H,24,26). The first-order valence-electron chi connectivity index (χ1n) is 9.24. The van der Waals surface area contributed by atoms with Crippen LogP contribution in [0.5, 0.6) is 11.5 Å². The molecule has 5 nitrogen and oxygen atoms in total. The SMILES string of the molecule is COc1cc(CNC(=O)CCCCC#Cc2ccccc2)ccc1OC(C)=O. The number of methoxy groups -OCH3 is 1. The lowest BCUT2D eigenvalue weighted by Gasteiger charge is -2.10. The molecule has 0 bridgehead atoms. The van der Waals surface area contributed by atoms with Crippen LogP contribution in [-0.2, 0) is 16.1 Å². The van der Waals surface area contributed by atoms with E-state index in [1.807, 2.05) is 30.3 Å². The summed E-state index contributed by atoms with van der Waals surface area (Å²) < 4.78 is 10.3. The number of rotatable bonds is 8. The Labute approximate surface area is 166 Å². The van der Waals surface area contributed by atoms with Gasteiger partial charge in [0.25, 0.3) is 0 Å². The van der Waals surface area contributed by atoms with E-state index in [0.29, 0.717) is 24.5 Å². The molecule has 0 heterocycles. The lowest BCUT2D eigenvalue weighted by molar-refractivity contribution is -0.132. The molecule has 5 heteroatoms. The lowest BCUT2D eigenvalue weighted by atomic mass is 10.1. The van der Waals surface area contributed by atoms with Crippen molar-refractivity contribution in [3.8, 4) is 23.3 Å². The van der Waals surface area contributed by atoms with E-state index in [0.717, 1.165) is 30.4 Å². The Morgan fingerprint density at radius 3 is 2.54 bits per heavy atom. The van der Waals surface area contributed by atoms with Crippen molar-refractivity contribution in [2.24, 2.45) is 0 Å². The Morgan fingerprint density at radius 2 is 1.82 bits per heavy atom. The third-order valence-corrected chi connectivity index (χ3v) is 3.93. The van der Waals surface area contributed by atoms with Gasteiger partial charge in [-0.2, -0.15) is 0 Å². The third kappa shape index (κ3) is 7.55. The number of hydrogen-bond acceptors (Lipinski definition) is 4. The van der Waals surface area contributed by atoms with Crippen LogP contribution in [0.15, 0.2) is 48.5 Å². The summed E-state index contributed by atoms with van der Waals surface area (Å²) in [5.74, 6) is 6.66. The summed E-state index contributed by atoms with van der Waals surface area (Å²) in [6.45, 7) is 1.73. The number of ether oxygens (including phenoxy) is 2. The van der Waals surface area contributed by atoms with Crippen molar-refractivity contribution in [2.75, 3.05) is 7.11 Å². The molecule has 0 aliphatic heterocycles. The van der Waals surface area contributed by atoms with Gasteiger partial charge in [0.2, 0.25) is 5.91 Å². The molecule has 0 aliphatic carbocycles. The number of nitrogens with one attached hydrogen (secondary N) is 1. The van der Waals surface area contributed by atoms with Gasteiger partial charge in [0, 0.05) is 31.9 Å². The minimum Gasteiger partial charge on any atom is -0.493 e. The number of esters is 1. The molecule has 0 saturated heterocycles. The zero-order valence-electron chi connectivity index (χ0n) is 16.3. The van der Waals surface area contributed by atoms with E-state index in [-0.39, 0.29) is 5.91 Å². The van der Waals surface area contributed by atoms with E-state index in [1.54, 1.807) is 18.2 Å². The summed E-state index contributed by atoms with van der Waals surface area (Å²) in [7, 11) is 1.51. The van der Waals surface area contributed by atoms with Crippen molar-refractivity contribution >= 4 is 11.9 Å². The van der Waals surface area contributed by atoms with Crippen LogP contribution in [0.1, 0.15) is 43.7 Å². The predicted molar refractivity (Wildman–Crippen MR) is 108 cm³/mol. The molecule has 2 rings (SSSR count). The first kappa shape index (κ1) is 21.0. The molecule has 0 spiro atoms. The number of unbranched alkanes of at least 4 members (excludes halogenated alkanes) is 2. The summed E-state index contributed by atoms with van der Waals surface area (Å²) in [5.41, 5.74) is 1.88. The molecular formula is C23H25NO4. The van der Waals surface area contributed by atoms with Crippen molar-refractivity contribution < 1.29 is 19.1 Å². The summed E-state index contributed by atoms with van der Waals surface area (Å²) in [6.07, 6.45) is 2.93. The van der Waals surface area contributed by atoms with Crippen LogP contribution in [0.4, 0.5) is 0 Å². The highest BCUT2D eigenvalue weighted by atomic mass is 16.6. The van der Waals surface area contributed by atoms with Gasteiger partial charge in [0.05, 0.1) is 7.11 Å². The zero-order chi connectivity index (χ0) is 20.2. The summed E-state index contributed by atoms with van der Waals surface area (Å²) in [5, 5.41) is 2.89. The van der Waals surface area contributed by atoms with Crippen molar-refractivity contribution in [3.63, 3.8) is 0 Å². The molecule has 0 aromatic heterocycles. The first-order valence-corrected chi connectivity index (χ1v) is 9.24. The second-order valence-electron chi connectivity index (χ2n) is 6.23. The van der Waals surface area contributed by atoms with Crippen LogP contribution >= 0.6 is 0 Å². The van der Waals surface area contributed by atoms with Crippen LogP contribution in [0.25, 0.3) is 0 Å². The first-order chi connectivity index (χ1) is 13.6. The fourth-order valence-corrected chi connectivity index (χ4v) is 2.54. The fourth-order valence-electron chi connectivity index (χ4n) is 2.54. The lowest BCUT2D eigenvalue weighted by Crippen LogP contribution is -2.22. The van der Waals surface area contributed by atoms with E-state index in [2.05, 4.69) is 17.2 Å². The molecule has 0 radical (unpaired) electrons. The molecule has 0 saturated carbocycles. The van der Waals surface area contributed by atoms with Gasteiger partial charge in [0.1, 0.15) is 0 Å². The maximum Gasteiger partial charge on any atom is 0.308 e. The molecule has 1 N–H and O–H groups in total. The highest BCUT2D eigenvalue weighted by Crippen LogP contribution is 2.28. The molecule has 146 valence electrons. The average molecular weight is 379 g/mol. The molecule has 0 fully saturated rings. The van der Waals surface area contributed by atoms with E-state index in [4.69, 9.17) is 9.47 Å². The number of benzene rings is 2.